The van der Waals surface area contributed by atoms with Crippen molar-refractivity contribution in [3.05, 3.63) is 60.8 Å². The summed E-state index contributed by atoms with van der Waals surface area (Å²) in [7, 11) is 0. The third kappa shape index (κ3) is 44.9. The summed E-state index contributed by atoms with van der Waals surface area (Å²) < 4.78 is 23.0. The minimum Gasteiger partial charge on any atom is -0.394 e. The van der Waals surface area contributed by atoms with Crippen LogP contribution < -0.4 is 5.32 Å². The topological polar surface area (TPSA) is 228 Å². The lowest BCUT2D eigenvalue weighted by Gasteiger charge is -2.46. The van der Waals surface area contributed by atoms with Crippen LogP contribution in [0, 0.1) is 0 Å². The zero-order valence-electron chi connectivity index (χ0n) is 58.1. The summed E-state index contributed by atoms with van der Waals surface area (Å²) in [5.74, 6) is -0.203. The van der Waals surface area contributed by atoms with Crippen molar-refractivity contribution in [3.63, 3.8) is 0 Å². The van der Waals surface area contributed by atoms with E-state index < -0.39 is 86.8 Å². The second-order valence-electron chi connectivity index (χ2n) is 26.8. The number of hydrogen-bond donors (Lipinski definition) is 9. The van der Waals surface area contributed by atoms with Crippen molar-refractivity contribution in [2.45, 2.75) is 402 Å². The monoisotopic (exact) mass is 1290 g/mol. The van der Waals surface area contributed by atoms with Crippen molar-refractivity contribution >= 4 is 5.91 Å². The van der Waals surface area contributed by atoms with Crippen molar-refractivity contribution in [3.8, 4) is 0 Å². The van der Waals surface area contributed by atoms with E-state index in [4.69, 9.17) is 18.9 Å². The van der Waals surface area contributed by atoms with Crippen LogP contribution in [-0.4, -0.2) is 140 Å². The van der Waals surface area contributed by atoms with Gasteiger partial charge in [0.05, 0.1) is 32.0 Å². The van der Waals surface area contributed by atoms with Gasteiger partial charge in [-0.05, 0) is 57.8 Å². The number of ether oxygens (including phenoxy) is 4. The third-order valence-electron chi connectivity index (χ3n) is 18.5. The van der Waals surface area contributed by atoms with Crippen molar-refractivity contribution in [1.29, 1.82) is 0 Å². The lowest BCUT2D eigenvalue weighted by Crippen LogP contribution is -2.65. The number of amides is 1. The number of allylic oxidation sites excluding steroid dienone is 10. The second-order valence-corrected chi connectivity index (χ2v) is 26.8. The summed E-state index contributed by atoms with van der Waals surface area (Å²) in [5.41, 5.74) is 0. The number of carbonyl (C=O) groups is 1. The van der Waals surface area contributed by atoms with Crippen LogP contribution in [0.4, 0.5) is 0 Å². The van der Waals surface area contributed by atoms with Crippen LogP contribution in [0.3, 0.4) is 0 Å². The third-order valence-corrected chi connectivity index (χ3v) is 18.5. The number of nitrogens with one attached hydrogen (secondary N) is 1. The molecule has 2 saturated heterocycles. The van der Waals surface area contributed by atoms with Crippen LogP contribution in [0.5, 0.6) is 0 Å². The SMILES string of the molecule is CC/C=C\C/C=C\C/C=C\C/C=C\C/C=C\CCCCCCCCCCCCCCCCCC(=O)NC(COC1OC(CO)C(OC2OC(CO)C(O)C(O)C2O)C(O)C1O)C(O)CCCCCCCCCCCCCCCCCCCCCCCCCCCC. The van der Waals surface area contributed by atoms with Gasteiger partial charge in [-0.2, -0.15) is 0 Å². The van der Waals surface area contributed by atoms with E-state index in [1.807, 2.05) is 0 Å². The fourth-order valence-corrected chi connectivity index (χ4v) is 12.5. The Kier molecular flexibility index (Phi) is 57.1. The van der Waals surface area contributed by atoms with E-state index in [0.717, 1.165) is 83.5 Å². The molecule has 14 nitrogen and oxygen atoms in total. The van der Waals surface area contributed by atoms with Crippen LogP contribution in [0.2, 0.25) is 0 Å². The van der Waals surface area contributed by atoms with Crippen molar-refractivity contribution in [2.24, 2.45) is 0 Å². The zero-order valence-corrected chi connectivity index (χ0v) is 58.1. The average Bonchev–Trinajstić information content (AvgIpc) is 1.25. The van der Waals surface area contributed by atoms with E-state index in [1.54, 1.807) is 0 Å². The fraction of sp³-hybridized carbons (Fsp3) is 0.857. The molecule has 12 unspecified atom stereocenters. The molecule has 0 spiro atoms. The molecule has 2 aliphatic heterocycles. The minimum atomic E-state index is -1.78. The van der Waals surface area contributed by atoms with E-state index in [-0.39, 0.29) is 12.5 Å². The van der Waals surface area contributed by atoms with Crippen LogP contribution in [-0.2, 0) is 23.7 Å². The molecule has 91 heavy (non-hydrogen) atoms. The molecule has 2 aliphatic rings. The van der Waals surface area contributed by atoms with E-state index in [1.165, 1.54) is 218 Å². The van der Waals surface area contributed by atoms with Gasteiger partial charge in [0.1, 0.15) is 48.8 Å². The molecule has 0 radical (unpaired) electrons. The first-order valence-corrected chi connectivity index (χ1v) is 38.0. The van der Waals surface area contributed by atoms with E-state index >= 15 is 0 Å². The molecule has 0 aliphatic carbocycles. The van der Waals surface area contributed by atoms with Gasteiger partial charge in [-0.3, -0.25) is 4.79 Å². The molecule has 0 aromatic heterocycles. The number of aliphatic hydroxyl groups excluding tert-OH is 8. The van der Waals surface area contributed by atoms with Gasteiger partial charge in [0.25, 0.3) is 0 Å². The maximum atomic E-state index is 13.4. The first-order valence-electron chi connectivity index (χ1n) is 38.0. The summed E-state index contributed by atoms with van der Waals surface area (Å²) in [6, 6.07) is -0.832. The molecule has 14 heteroatoms. The quantitative estimate of drug-likeness (QED) is 0.0204. The van der Waals surface area contributed by atoms with Crippen LogP contribution in [0.15, 0.2) is 60.8 Å². The van der Waals surface area contributed by atoms with E-state index in [0.29, 0.717) is 12.8 Å². The molecule has 0 saturated carbocycles. The standard InChI is InChI=1S/C77H141NO13/c1-3-5-7-9-11-13-15-17-19-21-23-25-27-29-31-32-33-34-35-37-39-41-43-45-47-49-51-53-55-57-59-61-69(82)78-65(64-88-76-74(87)72(85)75(68(63-80)90-76)91-77-73(86)71(84)70(83)67(62-79)89-77)66(81)60-58-56-54-52-50-48-46-44-42-40-38-36-30-28-26-24-22-20-18-16-14-12-10-8-6-4-2/h5,7,11,13,17,19,23,25,29,31,65-68,70-77,79-81,83-87H,3-4,6,8-10,12,14-16,18,20-22,24,26-28,30,32-64H2,1-2H3,(H,78,82)/b7-5-,13-11-,19-17-,25-23-,31-29-. The van der Waals surface area contributed by atoms with Gasteiger partial charge < -0.3 is 65.1 Å². The molecular weight excluding hydrogens is 1150 g/mol. The van der Waals surface area contributed by atoms with Gasteiger partial charge in [-0.25, -0.2) is 0 Å². The molecule has 0 aromatic rings. The van der Waals surface area contributed by atoms with Crippen LogP contribution >= 0.6 is 0 Å². The Labute approximate surface area is 556 Å². The van der Waals surface area contributed by atoms with Gasteiger partial charge >= 0.3 is 0 Å². The highest BCUT2D eigenvalue weighted by atomic mass is 16.7. The number of carbonyl (C=O) groups excluding carboxylic acids is 1. The summed E-state index contributed by atoms with van der Waals surface area (Å²) in [4.78, 5) is 13.4. The number of rotatable bonds is 63. The van der Waals surface area contributed by atoms with Gasteiger partial charge in [0.15, 0.2) is 12.6 Å². The summed E-state index contributed by atoms with van der Waals surface area (Å²) >= 11 is 0. The summed E-state index contributed by atoms with van der Waals surface area (Å²) in [6.45, 7) is 2.80. The molecule has 2 heterocycles. The maximum absolute atomic E-state index is 13.4. The van der Waals surface area contributed by atoms with Crippen LogP contribution in [0.25, 0.3) is 0 Å². The first-order chi connectivity index (χ1) is 44.6. The molecule has 1 amide bonds. The maximum Gasteiger partial charge on any atom is 0.220 e. The predicted octanol–water partition coefficient (Wildman–Crippen LogP) is 16.4. The summed E-state index contributed by atoms with van der Waals surface area (Å²) in [5, 5.41) is 87.8. The second kappa shape index (κ2) is 61.3. The molecule has 0 aromatic carbocycles. The van der Waals surface area contributed by atoms with Crippen molar-refractivity contribution in [2.75, 3.05) is 19.8 Å². The largest absolute Gasteiger partial charge is 0.394 e. The van der Waals surface area contributed by atoms with Gasteiger partial charge in [0, 0.05) is 6.42 Å². The minimum absolute atomic E-state index is 0.203. The van der Waals surface area contributed by atoms with Gasteiger partial charge in [-0.1, -0.05) is 325 Å². The van der Waals surface area contributed by atoms with Gasteiger partial charge in [-0.15, -0.1) is 0 Å². The Balaban J connectivity index is 1.63. The van der Waals surface area contributed by atoms with Crippen LogP contribution in [0.1, 0.15) is 328 Å². The smallest absolute Gasteiger partial charge is 0.220 e. The normalized spacial score (nSPS) is 23.1. The van der Waals surface area contributed by atoms with Gasteiger partial charge in [0.2, 0.25) is 5.91 Å². The predicted molar refractivity (Wildman–Crippen MR) is 374 cm³/mol. The molecule has 9 N–H and O–H groups in total. The molecule has 12 atom stereocenters. The lowest BCUT2D eigenvalue weighted by molar-refractivity contribution is -0.359. The summed E-state index contributed by atoms with van der Waals surface area (Å²) in [6.07, 6.45) is 65.3. The van der Waals surface area contributed by atoms with E-state index in [2.05, 4.69) is 79.9 Å². The lowest BCUT2D eigenvalue weighted by atomic mass is 9.97. The highest BCUT2D eigenvalue weighted by molar-refractivity contribution is 5.76. The Morgan fingerprint density at radius 1 is 0.407 bits per heavy atom. The van der Waals surface area contributed by atoms with E-state index in [9.17, 15) is 45.6 Å². The molecule has 2 fully saturated rings. The number of aliphatic hydroxyl groups is 8. The fourth-order valence-electron chi connectivity index (χ4n) is 12.5. The van der Waals surface area contributed by atoms with Crippen molar-refractivity contribution < 1.29 is 64.6 Å². The first kappa shape index (κ1) is 84.8. The molecule has 532 valence electrons. The highest BCUT2D eigenvalue weighted by Crippen LogP contribution is 2.30. The van der Waals surface area contributed by atoms with Crippen molar-refractivity contribution in [1.82, 2.24) is 5.32 Å². The Morgan fingerprint density at radius 2 is 0.758 bits per heavy atom. The highest BCUT2D eigenvalue weighted by Gasteiger charge is 2.51. The molecule has 2 rings (SSSR count). The number of unbranched alkanes of at least 4 members (excludes halogenated alkanes) is 40. The molecular formula is C77H141NO13. The average molecular weight is 1290 g/mol. The number of hydrogen-bond acceptors (Lipinski definition) is 13. The molecule has 0 bridgehead atoms. The zero-order chi connectivity index (χ0) is 65.9. The Hall–Kier alpha value is -2.31. The Bertz CT molecular complexity index is 1760. The Morgan fingerprint density at radius 3 is 1.16 bits per heavy atom.